The second kappa shape index (κ2) is 11.4. The topological polar surface area (TPSA) is 58.6 Å². The van der Waals surface area contributed by atoms with Gasteiger partial charge < -0.3 is 15.0 Å². The molecule has 7 heteroatoms. The fourth-order valence-electron chi connectivity index (χ4n) is 3.06. The van der Waals surface area contributed by atoms with Crippen LogP contribution in [-0.4, -0.2) is 41.2 Å². The summed E-state index contributed by atoms with van der Waals surface area (Å²) in [4.78, 5) is 28.9. The lowest BCUT2D eigenvalue weighted by Crippen LogP contribution is -2.53. The third-order valence-electron chi connectivity index (χ3n) is 4.57. The molecule has 0 unspecified atom stereocenters. The molecule has 0 fully saturated rings. The van der Waals surface area contributed by atoms with Gasteiger partial charge in [0.05, 0.1) is 12.9 Å². The minimum Gasteiger partial charge on any atom is -0.497 e. The average molecular weight is 463 g/mol. The number of hydrogen-bond donors (Lipinski definition) is 1. The van der Waals surface area contributed by atoms with Crippen LogP contribution in [0, 0.1) is 0 Å². The molecule has 0 spiro atoms. The van der Waals surface area contributed by atoms with Crippen molar-refractivity contribution < 1.29 is 14.3 Å². The highest BCUT2D eigenvalue weighted by atomic mass is 35.5. The number of rotatable bonds is 9. The Kier molecular flexibility index (Phi) is 9.26. The van der Waals surface area contributed by atoms with Crippen molar-refractivity contribution in [3.05, 3.63) is 59.1 Å². The lowest BCUT2D eigenvalue weighted by molar-refractivity contribution is -0.140. The predicted molar refractivity (Wildman–Crippen MR) is 128 cm³/mol. The van der Waals surface area contributed by atoms with E-state index in [0.29, 0.717) is 18.0 Å². The van der Waals surface area contributed by atoms with Crippen molar-refractivity contribution in [3.8, 4) is 5.75 Å². The molecule has 2 aromatic rings. The Morgan fingerprint density at radius 2 is 1.71 bits per heavy atom. The van der Waals surface area contributed by atoms with E-state index in [1.165, 1.54) is 11.8 Å². The van der Waals surface area contributed by atoms with E-state index in [-0.39, 0.29) is 23.1 Å². The number of halogens is 1. The molecule has 31 heavy (non-hydrogen) atoms. The first-order chi connectivity index (χ1) is 14.6. The molecule has 0 aliphatic carbocycles. The van der Waals surface area contributed by atoms with E-state index in [4.69, 9.17) is 16.3 Å². The Morgan fingerprint density at radius 3 is 2.23 bits per heavy atom. The van der Waals surface area contributed by atoms with Crippen LogP contribution in [0.2, 0.25) is 5.02 Å². The van der Waals surface area contributed by atoms with E-state index in [0.717, 1.165) is 16.2 Å². The highest BCUT2D eigenvalue weighted by Gasteiger charge is 2.30. The second-order valence-electron chi connectivity index (χ2n) is 8.28. The summed E-state index contributed by atoms with van der Waals surface area (Å²) in [6.07, 6.45) is 0.523. The van der Waals surface area contributed by atoms with Gasteiger partial charge in [0.1, 0.15) is 11.8 Å². The Morgan fingerprint density at radius 1 is 1.10 bits per heavy atom. The minimum absolute atomic E-state index is 0.0910. The molecular weight excluding hydrogens is 432 g/mol. The van der Waals surface area contributed by atoms with E-state index in [1.54, 1.807) is 24.1 Å². The number of methoxy groups -OCH3 is 1. The summed E-state index contributed by atoms with van der Waals surface area (Å²) in [5.74, 6) is 0.745. The van der Waals surface area contributed by atoms with Gasteiger partial charge in [0.2, 0.25) is 11.8 Å². The van der Waals surface area contributed by atoms with Crippen molar-refractivity contribution >= 4 is 35.2 Å². The molecule has 0 aliphatic rings. The van der Waals surface area contributed by atoms with Crippen molar-refractivity contribution in [1.82, 2.24) is 10.2 Å². The predicted octanol–water partition coefficient (Wildman–Crippen LogP) is 5.16. The largest absolute Gasteiger partial charge is 0.497 e. The number of nitrogens with one attached hydrogen (secondary N) is 1. The van der Waals surface area contributed by atoms with Crippen LogP contribution >= 0.6 is 23.4 Å². The van der Waals surface area contributed by atoms with Crippen molar-refractivity contribution in [2.45, 2.75) is 57.1 Å². The van der Waals surface area contributed by atoms with Crippen LogP contribution in [0.15, 0.2) is 53.4 Å². The summed E-state index contributed by atoms with van der Waals surface area (Å²) < 4.78 is 5.22. The molecule has 2 rings (SSSR count). The quantitative estimate of drug-likeness (QED) is 0.523. The van der Waals surface area contributed by atoms with Crippen LogP contribution in [0.3, 0.4) is 0 Å². The zero-order valence-electron chi connectivity index (χ0n) is 18.8. The maximum absolute atomic E-state index is 13.3. The Balaban J connectivity index is 2.22. The third-order valence-corrected chi connectivity index (χ3v) is 5.82. The fraction of sp³-hybridized carbons (Fsp3) is 0.417. The SMILES string of the molecule is CC[C@@H](C(=O)NC(C)(C)C)N(Cc1ccc(OC)cc1)C(=O)CSc1ccc(Cl)cc1. The highest BCUT2D eigenvalue weighted by molar-refractivity contribution is 8.00. The van der Waals surface area contributed by atoms with Crippen LogP contribution < -0.4 is 10.1 Å². The molecular formula is C24H31ClN2O3S. The maximum atomic E-state index is 13.3. The van der Waals surface area contributed by atoms with Gasteiger partial charge in [0.15, 0.2) is 0 Å². The van der Waals surface area contributed by atoms with Gasteiger partial charge in [-0.1, -0.05) is 30.7 Å². The summed E-state index contributed by atoms with van der Waals surface area (Å²) in [5.41, 5.74) is 0.560. The summed E-state index contributed by atoms with van der Waals surface area (Å²) in [5, 5.41) is 3.67. The smallest absolute Gasteiger partial charge is 0.243 e. The zero-order chi connectivity index (χ0) is 23.0. The van der Waals surface area contributed by atoms with Gasteiger partial charge in [-0.05, 0) is 69.2 Å². The summed E-state index contributed by atoms with van der Waals surface area (Å²) >= 11 is 7.38. The van der Waals surface area contributed by atoms with Crippen LogP contribution in [0.25, 0.3) is 0 Å². The van der Waals surface area contributed by atoms with Gasteiger partial charge in [0.25, 0.3) is 0 Å². The van der Waals surface area contributed by atoms with E-state index >= 15 is 0 Å². The Labute approximate surface area is 194 Å². The average Bonchev–Trinajstić information content (AvgIpc) is 2.72. The third kappa shape index (κ3) is 8.11. The maximum Gasteiger partial charge on any atom is 0.243 e. The molecule has 0 bridgehead atoms. The first-order valence-corrected chi connectivity index (χ1v) is 11.6. The summed E-state index contributed by atoms with van der Waals surface area (Å²) in [7, 11) is 1.61. The van der Waals surface area contributed by atoms with Gasteiger partial charge in [-0.2, -0.15) is 0 Å². The van der Waals surface area contributed by atoms with Crippen LogP contribution in [-0.2, 0) is 16.1 Å². The van der Waals surface area contributed by atoms with E-state index < -0.39 is 6.04 Å². The lowest BCUT2D eigenvalue weighted by Gasteiger charge is -2.33. The molecule has 0 saturated carbocycles. The highest BCUT2D eigenvalue weighted by Crippen LogP contribution is 2.23. The van der Waals surface area contributed by atoms with E-state index in [2.05, 4.69) is 5.32 Å². The summed E-state index contributed by atoms with van der Waals surface area (Å²) in [6.45, 7) is 8.07. The first kappa shape index (κ1) is 25.1. The number of nitrogens with zero attached hydrogens (tertiary/aromatic N) is 1. The Hall–Kier alpha value is -2.18. The molecule has 1 N–H and O–H groups in total. The molecule has 168 valence electrons. The number of amides is 2. The van der Waals surface area contributed by atoms with Crippen molar-refractivity contribution in [2.75, 3.05) is 12.9 Å². The second-order valence-corrected chi connectivity index (χ2v) is 9.76. The minimum atomic E-state index is -0.556. The number of hydrogen-bond acceptors (Lipinski definition) is 4. The fourth-order valence-corrected chi connectivity index (χ4v) is 3.97. The molecule has 2 amide bonds. The molecule has 0 radical (unpaired) electrons. The van der Waals surface area contributed by atoms with Crippen LogP contribution in [0.4, 0.5) is 0 Å². The monoisotopic (exact) mass is 462 g/mol. The van der Waals surface area contributed by atoms with E-state index in [9.17, 15) is 9.59 Å². The number of thioether (sulfide) groups is 1. The van der Waals surface area contributed by atoms with E-state index in [1.807, 2.05) is 64.1 Å². The number of carbonyl (C=O) groups excluding carboxylic acids is 2. The number of ether oxygens (including phenoxy) is 1. The molecule has 0 saturated heterocycles. The summed E-state index contributed by atoms with van der Waals surface area (Å²) in [6, 6.07) is 14.4. The van der Waals surface area contributed by atoms with Crippen molar-refractivity contribution in [1.29, 1.82) is 0 Å². The van der Waals surface area contributed by atoms with Gasteiger partial charge in [-0.3, -0.25) is 9.59 Å². The molecule has 1 atom stereocenters. The molecule has 2 aromatic carbocycles. The van der Waals surface area contributed by atoms with Gasteiger partial charge in [-0.25, -0.2) is 0 Å². The number of carbonyl (C=O) groups is 2. The van der Waals surface area contributed by atoms with Gasteiger partial charge in [0, 0.05) is 22.0 Å². The van der Waals surface area contributed by atoms with Crippen LogP contribution in [0.5, 0.6) is 5.75 Å². The van der Waals surface area contributed by atoms with Crippen molar-refractivity contribution in [3.63, 3.8) is 0 Å². The molecule has 5 nitrogen and oxygen atoms in total. The van der Waals surface area contributed by atoms with Gasteiger partial charge >= 0.3 is 0 Å². The number of benzene rings is 2. The molecule has 0 aromatic heterocycles. The lowest BCUT2D eigenvalue weighted by atomic mass is 10.1. The molecule has 0 heterocycles. The molecule has 0 aliphatic heterocycles. The first-order valence-electron chi connectivity index (χ1n) is 10.3. The zero-order valence-corrected chi connectivity index (χ0v) is 20.3. The van der Waals surface area contributed by atoms with Crippen LogP contribution in [0.1, 0.15) is 39.7 Å². The Bertz CT molecular complexity index is 864. The standard InChI is InChI=1S/C24H31ClN2O3S/c1-6-21(23(29)26-24(2,3)4)27(15-17-7-11-19(30-5)12-8-17)22(28)16-31-20-13-9-18(25)10-14-20/h7-14,21H,6,15-16H2,1-5H3,(H,26,29)/t21-/m0/s1. The normalized spacial score (nSPS) is 12.2. The van der Waals surface area contributed by atoms with Crippen molar-refractivity contribution in [2.24, 2.45) is 0 Å². The van der Waals surface area contributed by atoms with Gasteiger partial charge in [-0.15, -0.1) is 11.8 Å².